The molecule has 2 heterocycles. The molecule has 0 radical (unpaired) electrons. The average molecular weight is 294 g/mol. The van der Waals surface area contributed by atoms with Gasteiger partial charge >= 0.3 is 0 Å². The molecule has 1 aliphatic heterocycles. The number of imidazole rings is 1. The van der Waals surface area contributed by atoms with Crippen molar-refractivity contribution in [3.63, 3.8) is 0 Å². The fourth-order valence-corrected chi connectivity index (χ4v) is 2.67. The SMILES string of the molecule is Nc1nccn1Cc1cc(Br)cc2c1OCC2. The molecule has 5 heteroatoms. The van der Waals surface area contributed by atoms with E-state index in [0.29, 0.717) is 12.5 Å². The van der Waals surface area contributed by atoms with Crippen molar-refractivity contribution >= 4 is 21.9 Å². The van der Waals surface area contributed by atoms with Gasteiger partial charge in [-0.05, 0) is 17.7 Å². The number of hydrogen-bond donors (Lipinski definition) is 1. The lowest BCUT2D eigenvalue weighted by Crippen LogP contribution is -2.05. The van der Waals surface area contributed by atoms with Crippen LogP contribution in [0.3, 0.4) is 0 Å². The number of nitrogens with two attached hydrogens (primary N) is 1. The van der Waals surface area contributed by atoms with Gasteiger partial charge in [0.25, 0.3) is 0 Å². The van der Waals surface area contributed by atoms with Gasteiger partial charge in [-0.3, -0.25) is 0 Å². The van der Waals surface area contributed by atoms with Crippen LogP contribution in [0.15, 0.2) is 29.0 Å². The third-order valence-corrected chi connectivity index (χ3v) is 3.37. The molecule has 1 aromatic carbocycles. The Hall–Kier alpha value is -1.49. The number of aromatic nitrogens is 2. The van der Waals surface area contributed by atoms with E-state index in [1.54, 1.807) is 6.20 Å². The minimum Gasteiger partial charge on any atom is -0.493 e. The van der Waals surface area contributed by atoms with Crippen molar-refractivity contribution in [1.82, 2.24) is 9.55 Å². The second-order valence-corrected chi connectivity index (χ2v) is 4.98. The van der Waals surface area contributed by atoms with Crippen LogP contribution >= 0.6 is 15.9 Å². The number of benzene rings is 1. The average Bonchev–Trinajstić information content (AvgIpc) is 2.88. The minimum absolute atomic E-state index is 0.525. The van der Waals surface area contributed by atoms with Gasteiger partial charge < -0.3 is 15.0 Å². The molecule has 2 aromatic rings. The minimum atomic E-state index is 0.525. The molecule has 1 aliphatic rings. The molecule has 0 amide bonds. The summed E-state index contributed by atoms with van der Waals surface area (Å²) in [5.41, 5.74) is 8.16. The summed E-state index contributed by atoms with van der Waals surface area (Å²) in [5, 5.41) is 0. The van der Waals surface area contributed by atoms with E-state index in [4.69, 9.17) is 10.5 Å². The third kappa shape index (κ3) is 1.91. The van der Waals surface area contributed by atoms with Crippen molar-refractivity contribution in [2.75, 3.05) is 12.3 Å². The molecular weight excluding hydrogens is 282 g/mol. The van der Waals surface area contributed by atoms with E-state index in [1.807, 2.05) is 10.8 Å². The fourth-order valence-electron chi connectivity index (χ4n) is 2.12. The molecular formula is C12H12BrN3O. The second-order valence-electron chi connectivity index (χ2n) is 4.06. The molecule has 0 atom stereocenters. The number of nitrogens with zero attached hydrogens (tertiary/aromatic N) is 2. The lowest BCUT2D eigenvalue weighted by atomic mass is 10.1. The number of fused-ring (bicyclic) bond motifs is 1. The molecule has 4 nitrogen and oxygen atoms in total. The zero-order valence-electron chi connectivity index (χ0n) is 9.19. The molecule has 0 aliphatic carbocycles. The molecule has 0 saturated carbocycles. The monoisotopic (exact) mass is 293 g/mol. The van der Waals surface area contributed by atoms with Gasteiger partial charge in [0.2, 0.25) is 0 Å². The van der Waals surface area contributed by atoms with Crippen LogP contribution in [-0.4, -0.2) is 16.2 Å². The Morgan fingerprint density at radius 3 is 3.12 bits per heavy atom. The molecule has 3 rings (SSSR count). The zero-order chi connectivity index (χ0) is 11.8. The number of nitrogen functional groups attached to an aromatic ring is 1. The van der Waals surface area contributed by atoms with Gasteiger partial charge in [-0.1, -0.05) is 15.9 Å². The Bertz CT molecular complexity index is 565. The number of ether oxygens (including phenoxy) is 1. The summed E-state index contributed by atoms with van der Waals surface area (Å²) in [4.78, 5) is 4.02. The maximum Gasteiger partial charge on any atom is 0.200 e. The van der Waals surface area contributed by atoms with E-state index in [1.165, 1.54) is 5.56 Å². The molecule has 88 valence electrons. The molecule has 0 bridgehead atoms. The number of rotatable bonds is 2. The summed E-state index contributed by atoms with van der Waals surface area (Å²) in [7, 11) is 0. The van der Waals surface area contributed by atoms with Gasteiger partial charge in [-0.25, -0.2) is 4.98 Å². The lowest BCUT2D eigenvalue weighted by molar-refractivity contribution is 0.352. The van der Waals surface area contributed by atoms with Gasteiger partial charge in [0.1, 0.15) is 5.75 Å². The normalized spacial score (nSPS) is 13.5. The first-order chi connectivity index (χ1) is 8.24. The standard InChI is InChI=1S/C12H12BrN3O/c13-10-5-8-1-4-17-11(8)9(6-10)7-16-3-2-15-12(16)14/h2-3,5-6H,1,4,7H2,(H2,14,15). The van der Waals surface area contributed by atoms with Gasteiger partial charge in [0.15, 0.2) is 5.95 Å². The predicted molar refractivity (Wildman–Crippen MR) is 69.1 cm³/mol. The number of anilines is 1. The molecule has 0 spiro atoms. The van der Waals surface area contributed by atoms with E-state index < -0.39 is 0 Å². The summed E-state index contributed by atoms with van der Waals surface area (Å²) in [6, 6.07) is 4.19. The Labute approximate surface area is 108 Å². The van der Waals surface area contributed by atoms with Gasteiger partial charge in [0, 0.05) is 28.9 Å². The first kappa shape index (κ1) is 10.7. The van der Waals surface area contributed by atoms with E-state index in [0.717, 1.165) is 28.8 Å². The van der Waals surface area contributed by atoms with Gasteiger partial charge in [0.05, 0.1) is 13.2 Å². The summed E-state index contributed by atoms with van der Waals surface area (Å²) < 4.78 is 8.66. The highest BCUT2D eigenvalue weighted by Crippen LogP contribution is 2.33. The Morgan fingerprint density at radius 1 is 1.47 bits per heavy atom. The van der Waals surface area contributed by atoms with Crippen LogP contribution in [0.1, 0.15) is 11.1 Å². The summed E-state index contributed by atoms with van der Waals surface area (Å²) in [6.45, 7) is 1.45. The first-order valence-electron chi connectivity index (χ1n) is 5.45. The molecule has 2 N–H and O–H groups in total. The van der Waals surface area contributed by atoms with Crippen molar-refractivity contribution in [3.8, 4) is 5.75 Å². The Morgan fingerprint density at radius 2 is 2.35 bits per heavy atom. The van der Waals surface area contributed by atoms with Crippen molar-refractivity contribution in [3.05, 3.63) is 40.1 Å². The Kier molecular flexibility index (Phi) is 2.55. The van der Waals surface area contributed by atoms with Crippen LogP contribution < -0.4 is 10.5 Å². The van der Waals surface area contributed by atoms with Crippen molar-refractivity contribution in [2.45, 2.75) is 13.0 Å². The van der Waals surface area contributed by atoms with Crippen LogP contribution in [-0.2, 0) is 13.0 Å². The number of halogens is 1. The van der Waals surface area contributed by atoms with E-state index in [-0.39, 0.29) is 0 Å². The van der Waals surface area contributed by atoms with E-state index in [2.05, 4.69) is 33.0 Å². The molecule has 17 heavy (non-hydrogen) atoms. The van der Waals surface area contributed by atoms with Crippen LogP contribution in [0.2, 0.25) is 0 Å². The summed E-state index contributed by atoms with van der Waals surface area (Å²) >= 11 is 3.53. The Balaban J connectivity index is 2.01. The molecule has 0 unspecified atom stereocenters. The highest BCUT2D eigenvalue weighted by molar-refractivity contribution is 9.10. The van der Waals surface area contributed by atoms with Gasteiger partial charge in [-0.15, -0.1) is 0 Å². The van der Waals surface area contributed by atoms with E-state index >= 15 is 0 Å². The first-order valence-corrected chi connectivity index (χ1v) is 6.24. The maximum absolute atomic E-state index is 5.77. The van der Waals surface area contributed by atoms with Crippen molar-refractivity contribution < 1.29 is 4.74 Å². The van der Waals surface area contributed by atoms with Crippen LogP contribution in [0.5, 0.6) is 5.75 Å². The van der Waals surface area contributed by atoms with Crippen molar-refractivity contribution in [2.24, 2.45) is 0 Å². The fraction of sp³-hybridized carbons (Fsp3) is 0.250. The zero-order valence-corrected chi connectivity index (χ0v) is 10.8. The van der Waals surface area contributed by atoms with Crippen LogP contribution in [0.4, 0.5) is 5.95 Å². The lowest BCUT2D eigenvalue weighted by Gasteiger charge is -2.10. The highest BCUT2D eigenvalue weighted by atomic mass is 79.9. The summed E-state index contributed by atoms with van der Waals surface area (Å²) in [5.74, 6) is 1.53. The van der Waals surface area contributed by atoms with E-state index in [9.17, 15) is 0 Å². The maximum atomic E-state index is 5.77. The third-order valence-electron chi connectivity index (χ3n) is 2.91. The molecule has 1 aromatic heterocycles. The van der Waals surface area contributed by atoms with Crippen LogP contribution in [0.25, 0.3) is 0 Å². The second kappa shape index (κ2) is 4.07. The molecule has 0 fully saturated rings. The smallest absolute Gasteiger partial charge is 0.200 e. The quantitative estimate of drug-likeness (QED) is 0.924. The topological polar surface area (TPSA) is 53.1 Å². The molecule has 0 saturated heterocycles. The largest absolute Gasteiger partial charge is 0.493 e. The number of hydrogen-bond acceptors (Lipinski definition) is 3. The van der Waals surface area contributed by atoms with Crippen LogP contribution in [0, 0.1) is 0 Å². The highest BCUT2D eigenvalue weighted by Gasteiger charge is 2.17. The van der Waals surface area contributed by atoms with Crippen molar-refractivity contribution in [1.29, 1.82) is 0 Å². The van der Waals surface area contributed by atoms with Gasteiger partial charge in [-0.2, -0.15) is 0 Å². The summed E-state index contributed by atoms with van der Waals surface area (Å²) in [6.07, 6.45) is 4.55. The predicted octanol–water partition coefficient (Wildman–Crippen LogP) is 2.21.